The molecule has 0 aliphatic rings. The summed E-state index contributed by atoms with van der Waals surface area (Å²) in [7, 11) is 0. The second-order valence-electron chi connectivity index (χ2n) is 6.00. The van der Waals surface area contributed by atoms with Gasteiger partial charge < -0.3 is 10.4 Å². The highest BCUT2D eigenvalue weighted by Gasteiger charge is 2.05. The molecule has 0 bridgehead atoms. The first kappa shape index (κ1) is 15.5. The van der Waals surface area contributed by atoms with Gasteiger partial charge in [-0.05, 0) is 54.3 Å². The van der Waals surface area contributed by atoms with Gasteiger partial charge in [0.25, 0.3) is 0 Å². The van der Waals surface area contributed by atoms with Crippen molar-refractivity contribution in [3.63, 3.8) is 0 Å². The fourth-order valence-corrected chi connectivity index (χ4v) is 2.69. The topological polar surface area (TPSA) is 45.1 Å². The monoisotopic (exact) mass is 306 g/mol. The van der Waals surface area contributed by atoms with Crippen molar-refractivity contribution in [1.29, 1.82) is 0 Å². The molecule has 0 fully saturated rings. The number of aromatic nitrogens is 1. The number of hydrogen-bond donors (Lipinski definition) is 2. The molecule has 1 unspecified atom stereocenters. The summed E-state index contributed by atoms with van der Waals surface area (Å²) in [5, 5.41) is 15.9. The van der Waals surface area contributed by atoms with Crippen molar-refractivity contribution in [1.82, 2.24) is 4.98 Å². The number of aliphatic hydroxyl groups excluding tert-OH is 1. The van der Waals surface area contributed by atoms with Gasteiger partial charge in [-0.25, -0.2) is 0 Å². The Bertz CT molecular complexity index is 771. The highest BCUT2D eigenvalue weighted by Crippen LogP contribution is 2.20. The van der Waals surface area contributed by atoms with Crippen LogP contribution in [0.1, 0.15) is 17.5 Å². The molecule has 23 heavy (non-hydrogen) atoms. The summed E-state index contributed by atoms with van der Waals surface area (Å²) >= 11 is 0. The minimum atomic E-state index is -0.371. The standard InChI is InChI=1S/C20H22N2O/c1-15-4-6-18-12-19(8-7-17(18)11-15)22-14-20(23)9-5-16-3-2-10-21-13-16/h2-4,6-8,10-13,20,22-23H,5,9,14H2,1H3. The molecule has 2 aromatic carbocycles. The molecule has 0 spiro atoms. The van der Waals surface area contributed by atoms with E-state index in [-0.39, 0.29) is 6.10 Å². The molecule has 1 aromatic heterocycles. The van der Waals surface area contributed by atoms with Crippen LogP contribution < -0.4 is 5.32 Å². The lowest BCUT2D eigenvalue weighted by Crippen LogP contribution is -2.20. The van der Waals surface area contributed by atoms with Crippen LogP contribution in [-0.4, -0.2) is 22.7 Å². The summed E-state index contributed by atoms with van der Waals surface area (Å²) in [6.07, 6.45) is 4.82. The maximum absolute atomic E-state index is 10.1. The van der Waals surface area contributed by atoms with Crippen molar-refractivity contribution in [3.05, 3.63) is 72.1 Å². The van der Waals surface area contributed by atoms with Crippen molar-refractivity contribution in [2.45, 2.75) is 25.9 Å². The fourth-order valence-electron chi connectivity index (χ4n) is 2.69. The predicted octanol–water partition coefficient (Wildman–Crippen LogP) is 3.95. The van der Waals surface area contributed by atoms with E-state index in [1.807, 2.05) is 18.3 Å². The lowest BCUT2D eigenvalue weighted by molar-refractivity contribution is 0.177. The summed E-state index contributed by atoms with van der Waals surface area (Å²) in [6.45, 7) is 2.65. The van der Waals surface area contributed by atoms with Crippen LogP contribution in [0.3, 0.4) is 0 Å². The number of rotatable bonds is 6. The normalized spacial score (nSPS) is 12.3. The molecule has 0 aliphatic heterocycles. The molecular weight excluding hydrogens is 284 g/mol. The van der Waals surface area contributed by atoms with Gasteiger partial charge in [0.05, 0.1) is 6.10 Å². The summed E-state index contributed by atoms with van der Waals surface area (Å²) in [5.74, 6) is 0. The number of nitrogens with one attached hydrogen (secondary N) is 1. The van der Waals surface area contributed by atoms with Gasteiger partial charge in [0.1, 0.15) is 0 Å². The Morgan fingerprint density at radius 2 is 1.91 bits per heavy atom. The minimum Gasteiger partial charge on any atom is -0.391 e. The Hall–Kier alpha value is -2.39. The molecule has 1 heterocycles. The third-order valence-corrected chi connectivity index (χ3v) is 4.03. The summed E-state index contributed by atoms with van der Waals surface area (Å²) in [5.41, 5.74) is 3.47. The Morgan fingerprint density at radius 3 is 2.74 bits per heavy atom. The highest BCUT2D eigenvalue weighted by atomic mass is 16.3. The van der Waals surface area contributed by atoms with E-state index in [9.17, 15) is 5.11 Å². The van der Waals surface area contributed by atoms with E-state index < -0.39 is 0 Å². The molecule has 1 atom stereocenters. The molecule has 0 aliphatic carbocycles. The lowest BCUT2D eigenvalue weighted by Gasteiger charge is -2.13. The molecule has 0 amide bonds. The number of aliphatic hydroxyl groups is 1. The third kappa shape index (κ3) is 4.30. The van der Waals surface area contributed by atoms with Crippen LogP contribution in [0.15, 0.2) is 60.9 Å². The van der Waals surface area contributed by atoms with Gasteiger partial charge in [0.15, 0.2) is 0 Å². The van der Waals surface area contributed by atoms with Crippen LogP contribution in [0.4, 0.5) is 5.69 Å². The summed E-state index contributed by atoms with van der Waals surface area (Å²) in [4.78, 5) is 4.09. The summed E-state index contributed by atoms with van der Waals surface area (Å²) in [6, 6.07) is 16.7. The van der Waals surface area contributed by atoms with Gasteiger partial charge in [0, 0.05) is 24.6 Å². The molecule has 0 radical (unpaired) electrons. The van der Waals surface area contributed by atoms with Gasteiger partial charge >= 0.3 is 0 Å². The molecule has 3 rings (SSSR count). The van der Waals surface area contributed by atoms with Gasteiger partial charge in [-0.3, -0.25) is 4.98 Å². The number of benzene rings is 2. The van der Waals surface area contributed by atoms with Crippen LogP contribution in [0, 0.1) is 6.92 Å². The van der Waals surface area contributed by atoms with E-state index in [2.05, 4.69) is 53.6 Å². The zero-order valence-corrected chi connectivity index (χ0v) is 13.4. The summed E-state index contributed by atoms with van der Waals surface area (Å²) < 4.78 is 0. The quantitative estimate of drug-likeness (QED) is 0.725. The third-order valence-electron chi connectivity index (χ3n) is 4.03. The van der Waals surface area contributed by atoms with Gasteiger partial charge in [-0.1, -0.05) is 35.9 Å². The van der Waals surface area contributed by atoms with Crippen LogP contribution in [0.25, 0.3) is 10.8 Å². The van der Waals surface area contributed by atoms with Crippen molar-refractivity contribution in [3.8, 4) is 0 Å². The van der Waals surface area contributed by atoms with Crippen LogP contribution in [0.2, 0.25) is 0 Å². The van der Waals surface area contributed by atoms with E-state index in [0.717, 1.165) is 24.1 Å². The number of hydrogen-bond acceptors (Lipinski definition) is 3. The van der Waals surface area contributed by atoms with Crippen molar-refractivity contribution < 1.29 is 5.11 Å². The van der Waals surface area contributed by atoms with Crippen LogP contribution in [-0.2, 0) is 6.42 Å². The van der Waals surface area contributed by atoms with E-state index in [4.69, 9.17) is 0 Å². The molecule has 118 valence electrons. The second-order valence-corrected chi connectivity index (χ2v) is 6.00. The Labute approximate surface area is 137 Å². The molecule has 0 saturated heterocycles. The molecular formula is C20H22N2O. The Balaban J connectivity index is 1.54. The first-order valence-electron chi connectivity index (χ1n) is 8.02. The zero-order valence-electron chi connectivity index (χ0n) is 13.4. The van der Waals surface area contributed by atoms with Gasteiger partial charge in [0.2, 0.25) is 0 Å². The van der Waals surface area contributed by atoms with E-state index in [1.165, 1.54) is 16.3 Å². The number of nitrogens with zero attached hydrogens (tertiary/aromatic N) is 1. The Morgan fingerprint density at radius 1 is 1.09 bits per heavy atom. The van der Waals surface area contributed by atoms with Gasteiger partial charge in [-0.2, -0.15) is 0 Å². The van der Waals surface area contributed by atoms with E-state index in [0.29, 0.717) is 6.54 Å². The fraction of sp³-hybridized carbons (Fsp3) is 0.250. The maximum atomic E-state index is 10.1. The zero-order chi connectivity index (χ0) is 16.1. The predicted molar refractivity (Wildman–Crippen MR) is 95.7 cm³/mol. The molecule has 3 heteroatoms. The number of pyridine rings is 1. The van der Waals surface area contributed by atoms with E-state index in [1.54, 1.807) is 6.20 Å². The van der Waals surface area contributed by atoms with E-state index >= 15 is 0 Å². The molecule has 2 N–H and O–H groups in total. The first-order chi connectivity index (χ1) is 11.2. The van der Waals surface area contributed by atoms with Crippen molar-refractivity contribution in [2.75, 3.05) is 11.9 Å². The minimum absolute atomic E-state index is 0.371. The largest absolute Gasteiger partial charge is 0.391 e. The maximum Gasteiger partial charge on any atom is 0.0715 e. The highest BCUT2D eigenvalue weighted by molar-refractivity contribution is 5.86. The smallest absolute Gasteiger partial charge is 0.0715 e. The van der Waals surface area contributed by atoms with Crippen molar-refractivity contribution >= 4 is 16.5 Å². The van der Waals surface area contributed by atoms with Gasteiger partial charge in [-0.15, -0.1) is 0 Å². The molecule has 3 aromatic rings. The number of fused-ring (bicyclic) bond motifs is 1. The van der Waals surface area contributed by atoms with Crippen LogP contribution in [0.5, 0.6) is 0 Å². The number of anilines is 1. The molecule has 3 nitrogen and oxygen atoms in total. The average molecular weight is 306 g/mol. The Kier molecular flexibility index (Phi) is 4.89. The molecule has 0 saturated carbocycles. The lowest BCUT2D eigenvalue weighted by atomic mass is 10.1. The average Bonchev–Trinajstić information content (AvgIpc) is 2.59. The van der Waals surface area contributed by atoms with Crippen molar-refractivity contribution in [2.24, 2.45) is 0 Å². The number of aryl methyl sites for hydroxylation is 2. The SMILES string of the molecule is Cc1ccc2cc(NCC(O)CCc3cccnc3)ccc2c1. The first-order valence-corrected chi connectivity index (χ1v) is 8.02. The van der Waals surface area contributed by atoms with Crippen LogP contribution >= 0.6 is 0 Å². The second kappa shape index (κ2) is 7.25.